The molecule has 0 aliphatic rings. The van der Waals surface area contributed by atoms with Gasteiger partial charge in [-0.2, -0.15) is 62.4 Å². The Labute approximate surface area is 121 Å². The third-order valence-corrected chi connectivity index (χ3v) is 2.77. The third-order valence-electron chi connectivity index (χ3n) is 2.34. The van der Waals surface area contributed by atoms with Crippen molar-refractivity contribution in [3.05, 3.63) is 28.8 Å². The Morgan fingerprint density at radius 3 is 1.19 bits per heavy atom. The Balaban J connectivity index is 3.85. The van der Waals surface area contributed by atoms with Gasteiger partial charge >= 0.3 is 24.1 Å². The highest BCUT2D eigenvalue weighted by Crippen LogP contribution is 2.40. The predicted molar refractivity (Wildman–Crippen MR) is 58.5 cm³/mol. The maximum Gasteiger partial charge on any atom is 0.416 e. The van der Waals surface area contributed by atoms with Gasteiger partial charge in [0.1, 0.15) is 0 Å². The Kier molecular flexibility index (Phi) is 4.75. The molecule has 1 aromatic rings. The summed E-state index contributed by atoms with van der Waals surface area (Å²) in [5, 5.41) is 0. The first kappa shape index (κ1) is 18.3. The molecule has 0 radical (unpaired) electrons. The van der Waals surface area contributed by atoms with Crippen LogP contribution in [0.25, 0.3) is 0 Å². The van der Waals surface area contributed by atoms with E-state index in [-0.39, 0.29) is 0 Å². The lowest BCUT2D eigenvalue weighted by Gasteiger charge is -2.21. The van der Waals surface area contributed by atoms with Crippen LogP contribution in [0.2, 0.25) is 0 Å². The molecule has 0 unspecified atom stereocenters. The average Bonchev–Trinajstić information content (AvgIpc) is 2.23. The molecule has 0 N–H and O–H groups in total. The lowest BCUT2D eigenvalue weighted by atomic mass is 9.81. The van der Waals surface area contributed by atoms with E-state index in [0.29, 0.717) is 0 Å². The Morgan fingerprint density at radius 1 is 0.667 bits per heavy atom. The topological polar surface area (TPSA) is 0 Å². The number of benzene rings is 1. The van der Waals surface area contributed by atoms with E-state index in [9.17, 15) is 39.5 Å². The zero-order valence-electron chi connectivity index (χ0n) is 9.39. The predicted octanol–water partition coefficient (Wildman–Crippen LogP) is 4.92. The van der Waals surface area contributed by atoms with Crippen LogP contribution in [0.15, 0.2) is 12.1 Å². The van der Waals surface area contributed by atoms with Crippen LogP contribution in [-0.2, 0) is 18.5 Å². The van der Waals surface area contributed by atoms with E-state index in [1.54, 1.807) is 0 Å². The van der Waals surface area contributed by atoms with Crippen molar-refractivity contribution in [1.29, 1.82) is 0 Å². The fourth-order valence-corrected chi connectivity index (χ4v) is 1.99. The zero-order chi connectivity index (χ0) is 16.8. The fourth-order valence-electron chi connectivity index (χ4n) is 1.52. The highest BCUT2D eigenvalue weighted by atomic mass is 35.5. The molecule has 0 atom stereocenters. The molecule has 0 aromatic heterocycles. The first-order valence-corrected chi connectivity index (χ1v) is 5.70. The zero-order valence-corrected chi connectivity index (χ0v) is 10.9. The van der Waals surface area contributed by atoms with Crippen LogP contribution < -0.4 is 5.46 Å². The molecule has 0 fully saturated rings. The second-order valence-corrected chi connectivity index (χ2v) is 4.88. The summed E-state index contributed by atoms with van der Waals surface area (Å²) in [6, 6.07) is -0.912. The summed E-state index contributed by atoms with van der Waals surface area (Å²) in [6.45, 7) is 0. The SMILES string of the molecule is FC(F)(F)c1cc(C(F)(F)F)c(B(Cl)Cl)c(C(F)(F)F)c1. The number of hydrogen-bond acceptors (Lipinski definition) is 0. The van der Waals surface area contributed by atoms with Gasteiger partial charge in [0.05, 0.1) is 16.7 Å². The van der Waals surface area contributed by atoms with Crippen molar-refractivity contribution in [2.75, 3.05) is 0 Å². The molecule has 21 heavy (non-hydrogen) atoms. The number of alkyl halides is 9. The van der Waals surface area contributed by atoms with Crippen LogP contribution >= 0.6 is 22.9 Å². The van der Waals surface area contributed by atoms with Crippen molar-refractivity contribution >= 4 is 33.9 Å². The first-order chi connectivity index (χ1) is 9.15. The van der Waals surface area contributed by atoms with Gasteiger partial charge in [0.25, 0.3) is 0 Å². The molecule has 0 saturated heterocycles. The van der Waals surface area contributed by atoms with Crippen LogP contribution in [0.5, 0.6) is 0 Å². The van der Waals surface area contributed by atoms with Crippen LogP contribution in [0, 0.1) is 0 Å². The second-order valence-electron chi connectivity index (χ2n) is 3.78. The number of hydrogen-bond donors (Lipinski definition) is 0. The van der Waals surface area contributed by atoms with Gasteiger partial charge in [0.2, 0.25) is 0 Å². The lowest BCUT2D eigenvalue weighted by Crippen LogP contribution is -2.36. The smallest absolute Gasteiger partial charge is 0.166 e. The summed E-state index contributed by atoms with van der Waals surface area (Å²) in [5.41, 5.74) is -10.4. The van der Waals surface area contributed by atoms with Crippen molar-refractivity contribution in [3.63, 3.8) is 0 Å². The molecule has 0 saturated carbocycles. The van der Waals surface area contributed by atoms with Gasteiger partial charge < -0.3 is 0 Å². The van der Waals surface area contributed by atoms with Crippen LogP contribution in [0.3, 0.4) is 0 Å². The van der Waals surface area contributed by atoms with Crippen LogP contribution in [-0.4, -0.2) is 5.54 Å². The van der Waals surface area contributed by atoms with Gasteiger partial charge in [0, 0.05) is 0 Å². The van der Waals surface area contributed by atoms with E-state index in [4.69, 9.17) is 22.9 Å². The van der Waals surface area contributed by atoms with E-state index in [0.717, 1.165) is 0 Å². The highest BCUT2D eigenvalue weighted by molar-refractivity contribution is 7.39. The molecular formula is C9H2BCl2F9. The Morgan fingerprint density at radius 2 is 1.00 bits per heavy atom. The minimum atomic E-state index is -5.49. The quantitative estimate of drug-likeness (QED) is 0.491. The molecule has 0 aliphatic heterocycles. The van der Waals surface area contributed by atoms with Gasteiger partial charge in [-0.3, -0.25) is 0 Å². The maximum atomic E-state index is 12.7. The van der Waals surface area contributed by atoms with E-state index in [1.165, 1.54) is 0 Å². The van der Waals surface area contributed by atoms with Gasteiger partial charge in [0.15, 0.2) is 0 Å². The molecule has 0 aliphatic carbocycles. The first-order valence-electron chi connectivity index (χ1n) is 4.83. The van der Waals surface area contributed by atoms with Crippen LogP contribution in [0.1, 0.15) is 16.7 Å². The molecule has 1 aromatic carbocycles. The van der Waals surface area contributed by atoms with Crippen molar-refractivity contribution in [2.45, 2.75) is 18.5 Å². The van der Waals surface area contributed by atoms with Gasteiger partial charge in [-0.15, -0.1) is 0 Å². The molecule has 12 heteroatoms. The van der Waals surface area contributed by atoms with Gasteiger partial charge in [-0.1, -0.05) is 0 Å². The Hall–Kier alpha value is -0.765. The van der Waals surface area contributed by atoms with Gasteiger partial charge in [-0.25, -0.2) is 0 Å². The molecule has 0 amide bonds. The monoisotopic (exact) mass is 362 g/mol. The molecule has 0 bridgehead atoms. The summed E-state index contributed by atoms with van der Waals surface area (Å²) in [6.07, 6.45) is -16.4. The molecule has 0 spiro atoms. The summed E-state index contributed by atoms with van der Waals surface area (Å²) >= 11 is 10.2. The number of rotatable bonds is 1. The van der Waals surface area contributed by atoms with Crippen LogP contribution in [0.4, 0.5) is 39.5 Å². The molecule has 0 heterocycles. The lowest BCUT2D eigenvalue weighted by molar-refractivity contribution is -0.147. The second kappa shape index (κ2) is 5.46. The summed E-state index contributed by atoms with van der Waals surface area (Å²) in [5.74, 6) is 0. The molecule has 118 valence electrons. The van der Waals surface area contributed by atoms with Crippen molar-refractivity contribution < 1.29 is 39.5 Å². The Bertz CT molecular complexity index is 494. The summed E-state index contributed by atoms with van der Waals surface area (Å²) < 4.78 is 114. The van der Waals surface area contributed by atoms with Gasteiger partial charge in [-0.05, 0) is 17.6 Å². The van der Waals surface area contributed by atoms with Crippen molar-refractivity contribution in [2.24, 2.45) is 0 Å². The van der Waals surface area contributed by atoms with E-state index < -0.39 is 58.4 Å². The number of halogens is 11. The molecular weight excluding hydrogens is 361 g/mol. The summed E-state index contributed by atoms with van der Waals surface area (Å²) in [7, 11) is 0. The molecule has 1 rings (SSSR count). The average molecular weight is 363 g/mol. The highest BCUT2D eigenvalue weighted by Gasteiger charge is 2.46. The van der Waals surface area contributed by atoms with E-state index >= 15 is 0 Å². The minimum Gasteiger partial charge on any atom is -0.166 e. The largest absolute Gasteiger partial charge is 0.416 e. The molecule has 0 nitrogen and oxygen atoms in total. The third kappa shape index (κ3) is 4.12. The van der Waals surface area contributed by atoms with Crippen molar-refractivity contribution in [1.82, 2.24) is 0 Å². The standard InChI is InChI=1S/C9H2BCl2F9/c11-10(12)6-4(8(16,17)18)1-3(7(13,14)15)2-5(6)9(19,20)21/h1-2H. The van der Waals surface area contributed by atoms with Crippen molar-refractivity contribution in [3.8, 4) is 0 Å². The fraction of sp³-hybridized carbons (Fsp3) is 0.333. The normalized spacial score (nSPS) is 13.5. The maximum absolute atomic E-state index is 12.7. The minimum absolute atomic E-state index is 0.456. The van der Waals surface area contributed by atoms with E-state index in [2.05, 4.69) is 0 Å². The summed E-state index contributed by atoms with van der Waals surface area (Å²) in [4.78, 5) is 0. The van der Waals surface area contributed by atoms with E-state index in [1.807, 2.05) is 0 Å².